The summed E-state index contributed by atoms with van der Waals surface area (Å²) in [6.45, 7) is 9.35. The Morgan fingerprint density at radius 1 is 1.07 bits per heavy atom. The summed E-state index contributed by atoms with van der Waals surface area (Å²) in [7, 11) is 0. The SMILES string of the molecule is CC(C)(Cc1ccc(CN2CCN(c3ccc(OC[C@@H]4CCn5cc([N+](=O)[O-])nc5O4)cc3)CC2)cc1)OC(N)=O. The number of primary amides is 1. The third-order valence-corrected chi connectivity index (χ3v) is 7.32. The normalized spacial score (nSPS) is 17.4. The Balaban J connectivity index is 1.05. The largest absolute Gasteiger partial charge is 0.490 e. The Morgan fingerprint density at radius 2 is 1.76 bits per heavy atom. The average Bonchev–Trinajstić information content (AvgIpc) is 3.37. The van der Waals surface area contributed by atoms with Gasteiger partial charge in [0.15, 0.2) is 0 Å². The number of ether oxygens (including phenoxy) is 3. The highest BCUT2D eigenvalue weighted by molar-refractivity contribution is 5.65. The zero-order valence-electron chi connectivity index (χ0n) is 23.4. The molecule has 2 aromatic carbocycles. The van der Waals surface area contributed by atoms with Gasteiger partial charge >= 0.3 is 17.9 Å². The number of anilines is 1. The first kappa shape index (κ1) is 28.2. The second-order valence-electron chi connectivity index (χ2n) is 11.1. The fourth-order valence-corrected chi connectivity index (χ4v) is 5.26. The van der Waals surface area contributed by atoms with Gasteiger partial charge in [-0.1, -0.05) is 24.3 Å². The molecule has 41 heavy (non-hydrogen) atoms. The van der Waals surface area contributed by atoms with E-state index in [4.69, 9.17) is 19.9 Å². The van der Waals surface area contributed by atoms with E-state index in [0.717, 1.165) is 49.7 Å². The van der Waals surface area contributed by atoms with Crippen molar-refractivity contribution in [2.45, 2.75) is 51.5 Å². The van der Waals surface area contributed by atoms with Crippen molar-refractivity contribution >= 4 is 17.6 Å². The van der Waals surface area contributed by atoms with Crippen LogP contribution in [0.1, 0.15) is 31.4 Å². The third kappa shape index (κ3) is 7.46. The number of aryl methyl sites for hydroxylation is 1. The molecule has 0 saturated carbocycles. The molecule has 0 bridgehead atoms. The Kier molecular flexibility index (Phi) is 8.29. The van der Waals surface area contributed by atoms with Gasteiger partial charge in [0.2, 0.25) is 0 Å². The number of imidazole rings is 1. The van der Waals surface area contributed by atoms with Gasteiger partial charge in [0.1, 0.15) is 30.3 Å². The Hall–Kier alpha value is -4.32. The first-order chi connectivity index (χ1) is 19.6. The van der Waals surface area contributed by atoms with Crippen molar-refractivity contribution in [1.29, 1.82) is 0 Å². The van der Waals surface area contributed by atoms with E-state index in [1.54, 1.807) is 4.57 Å². The molecule has 0 aliphatic carbocycles. The molecule has 0 radical (unpaired) electrons. The van der Waals surface area contributed by atoms with Crippen LogP contribution in [-0.2, 0) is 24.2 Å². The highest BCUT2D eigenvalue weighted by Crippen LogP contribution is 2.26. The van der Waals surface area contributed by atoms with Gasteiger partial charge in [0.05, 0.1) is 0 Å². The van der Waals surface area contributed by atoms with E-state index < -0.39 is 16.6 Å². The molecule has 3 aromatic rings. The predicted molar refractivity (Wildman–Crippen MR) is 152 cm³/mol. The minimum atomic E-state index is -0.757. The van der Waals surface area contributed by atoms with Gasteiger partial charge < -0.3 is 35.0 Å². The van der Waals surface area contributed by atoms with Crippen LogP contribution in [0.3, 0.4) is 0 Å². The first-order valence-electron chi connectivity index (χ1n) is 13.8. The Morgan fingerprint density at radius 3 is 2.41 bits per heavy atom. The van der Waals surface area contributed by atoms with Gasteiger partial charge in [0, 0.05) is 62.8 Å². The lowest BCUT2D eigenvalue weighted by molar-refractivity contribution is -0.389. The summed E-state index contributed by atoms with van der Waals surface area (Å²) in [6.07, 6.45) is 1.73. The molecule has 1 atom stereocenters. The Bertz CT molecular complexity index is 1350. The maximum atomic E-state index is 11.1. The molecule has 12 heteroatoms. The lowest BCUT2D eigenvalue weighted by Gasteiger charge is -2.36. The van der Waals surface area contributed by atoms with Crippen LogP contribution in [0.15, 0.2) is 54.7 Å². The maximum Gasteiger partial charge on any atom is 0.414 e. The monoisotopic (exact) mass is 564 g/mol. The van der Waals surface area contributed by atoms with Crippen molar-refractivity contribution in [2.75, 3.05) is 37.7 Å². The third-order valence-electron chi connectivity index (χ3n) is 7.32. The molecule has 2 aliphatic rings. The summed E-state index contributed by atoms with van der Waals surface area (Å²) in [4.78, 5) is 30.3. The van der Waals surface area contributed by atoms with Gasteiger partial charge in [-0.05, 0) is 54.2 Å². The summed E-state index contributed by atoms with van der Waals surface area (Å²) in [6, 6.07) is 16.8. The minimum absolute atomic E-state index is 0.207. The van der Waals surface area contributed by atoms with Crippen molar-refractivity contribution in [3.8, 4) is 11.8 Å². The minimum Gasteiger partial charge on any atom is -0.490 e. The maximum absolute atomic E-state index is 11.1. The van der Waals surface area contributed by atoms with Gasteiger partial charge in [-0.2, -0.15) is 0 Å². The van der Waals surface area contributed by atoms with Crippen LogP contribution in [-0.4, -0.2) is 70.0 Å². The predicted octanol–water partition coefficient (Wildman–Crippen LogP) is 3.76. The topological polar surface area (TPSA) is 138 Å². The average molecular weight is 565 g/mol. The molecule has 0 spiro atoms. The molecule has 1 fully saturated rings. The smallest absolute Gasteiger partial charge is 0.414 e. The molecule has 2 N–H and O–H groups in total. The number of piperazine rings is 1. The van der Waals surface area contributed by atoms with Crippen LogP contribution >= 0.6 is 0 Å². The van der Waals surface area contributed by atoms with E-state index in [2.05, 4.69) is 51.2 Å². The van der Waals surface area contributed by atoms with Gasteiger partial charge in [0.25, 0.3) is 0 Å². The second kappa shape index (κ2) is 12.0. The fourth-order valence-electron chi connectivity index (χ4n) is 5.26. The number of carbonyl (C=O) groups excluding carboxylic acids is 1. The van der Waals surface area contributed by atoms with E-state index in [0.29, 0.717) is 26.0 Å². The second-order valence-corrected chi connectivity index (χ2v) is 11.1. The molecule has 1 aromatic heterocycles. The van der Waals surface area contributed by atoms with E-state index in [-0.39, 0.29) is 17.9 Å². The van der Waals surface area contributed by atoms with Crippen molar-refractivity contribution < 1.29 is 23.9 Å². The van der Waals surface area contributed by atoms with Crippen LogP contribution in [0, 0.1) is 10.1 Å². The molecule has 1 amide bonds. The van der Waals surface area contributed by atoms with Gasteiger partial charge in [-0.25, -0.2) is 4.79 Å². The Labute approximate surface area is 238 Å². The summed E-state index contributed by atoms with van der Waals surface area (Å²) in [5.74, 6) is 0.547. The highest BCUT2D eigenvalue weighted by Gasteiger charge is 2.28. The fraction of sp³-hybridized carbons (Fsp3) is 0.448. The van der Waals surface area contributed by atoms with E-state index >= 15 is 0 Å². The molecule has 1 saturated heterocycles. The molecule has 0 unspecified atom stereocenters. The number of nitrogens with two attached hydrogens (primary N) is 1. The molecule has 218 valence electrons. The number of rotatable bonds is 10. The highest BCUT2D eigenvalue weighted by atomic mass is 16.6. The number of nitrogens with zero attached hydrogens (tertiary/aromatic N) is 5. The van der Waals surface area contributed by atoms with Crippen LogP contribution in [0.4, 0.5) is 16.3 Å². The molecule has 3 heterocycles. The number of hydrogen-bond acceptors (Lipinski definition) is 9. The van der Waals surface area contributed by atoms with E-state index in [9.17, 15) is 14.9 Å². The van der Waals surface area contributed by atoms with Crippen LogP contribution in [0.5, 0.6) is 11.8 Å². The van der Waals surface area contributed by atoms with Crippen LogP contribution < -0.4 is 20.1 Å². The zero-order chi connectivity index (χ0) is 29.0. The molecular formula is C29H36N6O6. The van der Waals surface area contributed by atoms with Crippen molar-refractivity contribution in [1.82, 2.24) is 14.5 Å². The quantitative estimate of drug-likeness (QED) is 0.288. The molecule has 5 rings (SSSR count). The number of hydrogen-bond donors (Lipinski definition) is 1. The van der Waals surface area contributed by atoms with E-state index in [1.165, 1.54) is 11.8 Å². The van der Waals surface area contributed by atoms with Crippen LogP contribution in [0.2, 0.25) is 0 Å². The lowest BCUT2D eigenvalue weighted by Crippen LogP contribution is -2.45. The summed E-state index contributed by atoms with van der Waals surface area (Å²) < 4.78 is 18.6. The number of fused-ring (bicyclic) bond motifs is 1. The molecule has 12 nitrogen and oxygen atoms in total. The summed E-state index contributed by atoms with van der Waals surface area (Å²) in [5, 5.41) is 10.9. The number of aromatic nitrogens is 2. The summed E-state index contributed by atoms with van der Waals surface area (Å²) >= 11 is 0. The molecule has 2 aliphatic heterocycles. The first-order valence-corrected chi connectivity index (χ1v) is 13.8. The van der Waals surface area contributed by atoms with Gasteiger partial charge in [-0.15, -0.1) is 0 Å². The zero-order valence-corrected chi connectivity index (χ0v) is 23.4. The van der Waals surface area contributed by atoms with Crippen molar-refractivity contribution in [3.05, 3.63) is 76.0 Å². The van der Waals surface area contributed by atoms with Crippen molar-refractivity contribution in [3.63, 3.8) is 0 Å². The van der Waals surface area contributed by atoms with E-state index in [1.807, 2.05) is 26.0 Å². The number of amides is 1. The standard InChI is InChI=1S/C29H36N6O6/c1-29(2,41-27(30)36)17-21-3-5-22(6-4-21)18-32-13-15-33(16-14-32)23-7-9-24(10-8-23)39-20-25-11-12-34-19-26(35(37)38)31-28(34)40-25/h3-10,19,25H,11-18,20H2,1-2H3,(H2,30,36)/t25-/m0/s1. The lowest BCUT2D eigenvalue weighted by atomic mass is 9.97. The number of benzene rings is 2. The molecular weight excluding hydrogens is 528 g/mol. The van der Waals surface area contributed by atoms with Crippen LogP contribution in [0.25, 0.3) is 0 Å². The number of nitro groups is 1. The summed E-state index contributed by atoms with van der Waals surface area (Å²) in [5.41, 5.74) is 8.04. The van der Waals surface area contributed by atoms with Gasteiger partial charge in [-0.3, -0.25) is 9.47 Å². The number of carbonyl (C=O) groups is 1. The van der Waals surface area contributed by atoms with Crippen molar-refractivity contribution in [2.24, 2.45) is 5.73 Å².